The van der Waals surface area contributed by atoms with Gasteiger partial charge in [0, 0.05) is 12.2 Å². The summed E-state index contributed by atoms with van der Waals surface area (Å²) in [5.74, 6) is 0. The summed E-state index contributed by atoms with van der Waals surface area (Å²) in [5, 5.41) is 12.1. The van der Waals surface area contributed by atoms with Gasteiger partial charge in [-0.2, -0.15) is 5.26 Å². The van der Waals surface area contributed by atoms with E-state index in [0.29, 0.717) is 5.56 Å². The number of hydrogen-bond acceptors (Lipinski definition) is 2. The van der Waals surface area contributed by atoms with Crippen molar-refractivity contribution in [1.29, 1.82) is 5.26 Å². The van der Waals surface area contributed by atoms with Crippen molar-refractivity contribution < 1.29 is 0 Å². The molecule has 2 nitrogen and oxygen atoms in total. The minimum absolute atomic E-state index is 0.688. The zero-order valence-electron chi connectivity index (χ0n) is 11.6. The van der Waals surface area contributed by atoms with E-state index in [1.807, 2.05) is 24.3 Å². The van der Waals surface area contributed by atoms with Crippen LogP contribution in [0.1, 0.15) is 27.8 Å². The highest BCUT2D eigenvalue weighted by atomic mass is 14.9. The first-order chi connectivity index (χ1) is 9.10. The van der Waals surface area contributed by atoms with Crippen molar-refractivity contribution in [2.75, 3.05) is 5.32 Å². The van der Waals surface area contributed by atoms with Crippen molar-refractivity contribution in [3.05, 3.63) is 64.2 Å². The lowest BCUT2D eigenvalue weighted by Gasteiger charge is -2.12. The highest BCUT2D eigenvalue weighted by Crippen LogP contribution is 2.17. The molecule has 0 amide bonds. The molecule has 0 aromatic heterocycles. The molecule has 2 aromatic carbocycles. The number of nitriles is 1. The van der Waals surface area contributed by atoms with Gasteiger partial charge in [-0.1, -0.05) is 12.1 Å². The Morgan fingerprint density at radius 3 is 2.21 bits per heavy atom. The second kappa shape index (κ2) is 5.58. The van der Waals surface area contributed by atoms with E-state index >= 15 is 0 Å². The molecule has 0 unspecified atom stereocenters. The average molecular weight is 250 g/mol. The maximum absolute atomic E-state index is 8.76. The average Bonchev–Trinajstić information content (AvgIpc) is 2.42. The number of rotatable bonds is 3. The molecule has 0 saturated carbocycles. The lowest BCUT2D eigenvalue weighted by molar-refractivity contribution is 1.10. The predicted octanol–water partition coefficient (Wildman–Crippen LogP) is 4.10. The van der Waals surface area contributed by atoms with Crippen molar-refractivity contribution in [3.8, 4) is 6.07 Å². The minimum Gasteiger partial charge on any atom is -0.381 e. The molecule has 0 aliphatic rings. The third-order valence-corrected chi connectivity index (χ3v) is 3.45. The van der Waals surface area contributed by atoms with Crippen LogP contribution in [0.2, 0.25) is 0 Å². The van der Waals surface area contributed by atoms with Crippen molar-refractivity contribution in [2.24, 2.45) is 0 Å². The summed E-state index contributed by atoms with van der Waals surface area (Å²) in [7, 11) is 0. The molecule has 0 atom stereocenters. The Morgan fingerprint density at radius 2 is 1.58 bits per heavy atom. The molecule has 2 aromatic rings. The summed E-state index contributed by atoms with van der Waals surface area (Å²) < 4.78 is 0. The number of nitrogens with zero attached hydrogens (tertiary/aromatic N) is 1. The van der Waals surface area contributed by atoms with Gasteiger partial charge in [0.1, 0.15) is 0 Å². The summed E-state index contributed by atoms with van der Waals surface area (Å²) >= 11 is 0. The molecule has 1 N–H and O–H groups in total. The van der Waals surface area contributed by atoms with Gasteiger partial charge in [0.25, 0.3) is 0 Å². The molecule has 2 heteroatoms. The van der Waals surface area contributed by atoms with Crippen molar-refractivity contribution in [1.82, 2.24) is 0 Å². The summed E-state index contributed by atoms with van der Waals surface area (Å²) in [4.78, 5) is 0. The first-order valence-electron chi connectivity index (χ1n) is 6.41. The van der Waals surface area contributed by atoms with E-state index in [9.17, 15) is 0 Å². The van der Waals surface area contributed by atoms with E-state index in [1.54, 1.807) is 0 Å². The Labute approximate surface area is 114 Å². The van der Waals surface area contributed by atoms with Crippen LogP contribution < -0.4 is 5.32 Å². The molecular weight excluding hydrogens is 232 g/mol. The van der Waals surface area contributed by atoms with Crippen LogP contribution in [-0.2, 0) is 6.54 Å². The van der Waals surface area contributed by atoms with Crippen molar-refractivity contribution in [2.45, 2.75) is 27.3 Å². The Bertz CT molecular complexity index is 619. The lowest BCUT2D eigenvalue weighted by Crippen LogP contribution is -2.02. The third kappa shape index (κ3) is 3.14. The first-order valence-corrected chi connectivity index (χ1v) is 6.41. The molecule has 0 aliphatic heterocycles. The van der Waals surface area contributed by atoms with Crippen LogP contribution in [0, 0.1) is 32.1 Å². The molecule has 0 fully saturated rings. The van der Waals surface area contributed by atoms with E-state index < -0.39 is 0 Å². The van der Waals surface area contributed by atoms with Crippen LogP contribution in [0.3, 0.4) is 0 Å². The van der Waals surface area contributed by atoms with Gasteiger partial charge in [-0.3, -0.25) is 0 Å². The Balaban J connectivity index is 2.10. The fraction of sp³-hybridized carbons (Fsp3) is 0.235. The Morgan fingerprint density at radius 1 is 0.947 bits per heavy atom. The van der Waals surface area contributed by atoms with Gasteiger partial charge in [-0.25, -0.2) is 0 Å². The molecule has 0 spiro atoms. The molecule has 96 valence electrons. The van der Waals surface area contributed by atoms with Crippen LogP contribution in [0.5, 0.6) is 0 Å². The Kier molecular flexibility index (Phi) is 3.87. The summed E-state index contributed by atoms with van der Waals surface area (Å²) in [6, 6.07) is 14.1. The summed E-state index contributed by atoms with van der Waals surface area (Å²) in [6.45, 7) is 7.22. The highest BCUT2D eigenvalue weighted by molar-refractivity contribution is 5.48. The molecule has 0 aliphatic carbocycles. The number of nitrogens with one attached hydrogen (secondary N) is 1. The molecular formula is C17H18N2. The maximum atomic E-state index is 8.76. The van der Waals surface area contributed by atoms with Gasteiger partial charge in [-0.15, -0.1) is 0 Å². The fourth-order valence-electron chi connectivity index (χ4n) is 2.07. The molecule has 0 saturated heterocycles. The zero-order chi connectivity index (χ0) is 13.8. The number of aryl methyl sites for hydroxylation is 3. The molecule has 2 rings (SSSR count). The number of hydrogen-bond donors (Lipinski definition) is 1. The number of benzene rings is 2. The largest absolute Gasteiger partial charge is 0.381 e. The van der Waals surface area contributed by atoms with Crippen LogP contribution >= 0.6 is 0 Å². The molecule has 19 heavy (non-hydrogen) atoms. The normalized spacial score (nSPS) is 10.0. The smallest absolute Gasteiger partial charge is 0.0991 e. The zero-order valence-corrected chi connectivity index (χ0v) is 11.6. The quantitative estimate of drug-likeness (QED) is 0.890. The van der Waals surface area contributed by atoms with Crippen molar-refractivity contribution in [3.63, 3.8) is 0 Å². The van der Waals surface area contributed by atoms with Crippen LogP contribution in [0.15, 0.2) is 36.4 Å². The van der Waals surface area contributed by atoms with Crippen LogP contribution in [0.25, 0.3) is 0 Å². The number of anilines is 1. The van der Waals surface area contributed by atoms with Gasteiger partial charge in [0.15, 0.2) is 0 Å². The topological polar surface area (TPSA) is 35.8 Å². The second-order valence-electron chi connectivity index (χ2n) is 4.91. The summed E-state index contributed by atoms with van der Waals surface area (Å²) in [6.07, 6.45) is 0. The predicted molar refractivity (Wildman–Crippen MR) is 79.1 cm³/mol. The monoisotopic (exact) mass is 250 g/mol. The van der Waals surface area contributed by atoms with E-state index in [0.717, 1.165) is 12.2 Å². The summed E-state index contributed by atoms with van der Waals surface area (Å²) in [5.41, 5.74) is 7.00. The van der Waals surface area contributed by atoms with Crippen LogP contribution in [-0.4, -0.2) is 0 Å². The van der Waals surface area contributed by atoms with Gasteiger partial charge in [0.2, 0.25) is 0 Å². The van der Waals surface area contributed by atoms with Gasteiger partial charge in [0.05, 0.1) is 11.6 Å². The molecule has 0 radical (unpaired) electrons. The van der Waals surface area contributed by atoms with E-state index in [4.69, 9.17) is 5.26 Å². The standard InChI is InChI=1S/C17H18N2/c1-12-8-14(3)16(9-13(12)2)11-19-17-6-4-15(10-18)5-7-17/h4-9,19H,11H2,1-3H3. The molecule has 0 heterocycles. The Hall–Kier alpha value is -2.27. The third-order valence-electron chi connectivity index (χ3n) is 3.45. The van der Waals surface area contributed by atoms with E-state index in [-0.39, 0.29) is 0 Å². The van der Waals surface area contributed by atoms with Gasteiger partial charge < -0.3 is 5.32 Å². The van der Waals surface area contributed by atoms with E-state index in [2.05, 4.69) is 44.3 Å². The van der Waals surface area contributed by atoms with Crippen LogP contribution in [0.4, 0.5) is 5.69 Å². The van der Waals surface area contributed by atoms with E-state index in [1.165, 1.54) is 22.3 Å². The fourth-order valence-corrected chi connectivity index (χ4v) is 2.07. The van der Waals surface area contributed by atoms with Gasteiger partial charge in [-0.05, 0) is 67.3 Å². The lowest BCUT2D eigenvalue weighted by atomic mass is 10.0. The first kappa shape index (κ1) is 13.2. The molecule has 0 bridgehead atoms. The highest BCUT2D eigenvalue weighted by Gasteiger charge is 2.02. The van der Waals surface area contributed by atoms with Crippen molar-refractivity contribution >= 4 is 5.69 Å². The maximum Gasteiger partial charge on any atom is 0.0991 e. The minimum atomic E-state index is 0.688. The SMILES string of the molecule is Cc1cc(C)c(CNc2ccc(C#N)cc2)cc1C. The van der Waals surface area contributed by atoms with Gasteiger partial charge >= 0.3 is 0 Å². The second-order valence-corrected chi connectivity index (χ2v) is 4.91.